The van der Waals surface area contributed by atoms with E-state index in [0.717, 1.165) is 103 Å². The molecule has 0 aromatic carbocycles. The maximum absolute atomic E-state index is 12.8. The van der Waals surface area contributed by atoms with E-state index in [1.165, 1.54) is 77.0 Å². The van der Waals surface area contributed by atoms with E-state index in [4.69, 9.17) is 18.5 Å². The molecule has 2 unspecified atom stereocenters. The summed E-state index contributed by atoms with van der Waals surface area (Å²) in [6.07, 6.45) is 85.1. The highest BCUT2D eigenvalue weighted by molar-refractivity contribution is 7.47. The predicted octanol–water partition coefficient (Wildman–Crippen LogP) is 19.5. The zero-order valence-electron chi connectivity index (χ0n) is 50.1. The first kappa shape index (κ1) is 73.9. The van der Waals surface area contributed by atoms with Crippen LogP contribution in [-0.4, -0.2) is 74.9 Å². The molecule has 2 atom stereocenters. The van der Waals surface area contributed by atoms with Crippen LogP contribution in [0.3, 0.4) is 0 Å². The van der Waals surface area contributed by atoms with Crippen molar-refractivity contribution in [1.82, 2.24) is 0 Å². The summed E-state index contributed by atoms with van der Waals surface area (Å²) in [6, 6.07) is 0. The molecule has 0 amide bonds. The molecule has 0 aromatic heterocycles. The lowest BCUT2D eigenvalue weighted by Crippen LogP contribution is -2.37. The molecule has 0 fully saturated rings. The SMILES string of the molecule is CC/C=C\C/C=C\C/C=C\C/C=C\C/C=C\C/C=C\C/C=C\CCCCCCCCCCCCCCCCCC(=O)OC(COC(=O)CCC/C=C\C/C=C\C/C=C\C/C=C\C/C=C\CC)COP(=O)(O)OCC[N+](C)(C)C. The van der Waals surface area contributed by atoms with Gasteiger partial charge in [0, 0.05) is 12.8 Å². The number of unbranched alkanes of at least 4 members (excludes halogenated alkanes) is 16. The van der Waals surface area contributed by atoms with Gasteiger partial charge in [-0.15, -0.1) is 0 Å². The lowest BCUT2D eigenvalue weighted by molar-refractivity contribution is -0.870. The molecule has 1 N–H and O–H groups in total. The fourth-order valence-corrected chi connectivity index (χ4v) is 8.48. The lowest BCUT2D eigenvalue weighted by atomic mass is 10.0. The van der Waals surface area contributed by atoms with Crippen LogP contribution in [0.15, 0.2) is 146 Å². The van der Waals surface area contributed by atoms with Crippen LogP contribution in [0.1, 0.15) is 219 Å². The second-order valence-corrected chi connectivity index (χ2v) is 22.4. The third-order valence-corrected chi connectivity index (χ3v) is 13.3. The molecule has 442 valence electrons. The number of likely N-dealkylation sites (N-methyl/N-ethyl adjacent to an activating group) is 1. The van der Waals surface area contributed by atoms with Crippen LogP contribution in [-0.2, 0) is 32.7 Å². The predicted molar refractivity (Wildman–Crippen MR) is 334 cm³/mol. The second-order valence-electron chi connectivity index (χ2n) is 21.0. The molecule has 0 aliphatic carbocycles. The normalized spacial score (nSPS) is 14.3. The van der Waals surface area contributed by atoms with E-state index in [2.05, 4.69) is 160 Å². The minimum absolute atomic E-state index is 0.0161. The van der Waals surface area contributed by atoms with Gasteiger partial charge in [0.15, 0.2) is 6.10 Å². The average molecular weight is 1100 g/mol. The molecule has 0 rings (SSSR count). The molecule has 0 saturated heterocycles. The Morgan fingerprint density at radius 3 is 1.06 bits per heavy atom. The summed E-state index contributed by atoms with van der Waals surface area (Å²) >= 11 is 0. The average Bonchev–Trinajstić information content (AvgIpc) is 3.41. The van der Waals surface area contributed by atoms with Gasteiger partial charge in [-0.25, -0.2) is 4.57 Å². The van der Waals surface area contributed by atoms with Crippen molar-refractivity contribution in [3.63, 3.8) is 0 Å². The van der Waals surface area contributed by atoms with E-state index < -0.39 is 32.5 Å². The monoisotopic (exact) mass is 1100 g/mol. The van der Waals surface area contributed by atoms with E-state index in [9.17, 15) is 19.0 Å². The standard InChI is InChI=1S/C68H112NO8P/c1-6-8-10-12-14-16-18-20-22-24-25-26-27-28-29-30-31-32-33-34-35-36-37-38-39-40-41-42-43-45-47-49-51-53-55-57-59-61-68(71)77-66(65-76-78(72,73)75-63-62-69(3,4)5)64-74-67(70)60-58-56-54-52-50-48-46-44-23-21-19-17-15-13-11-9-7-2/h8-11,14-17,20-23,25-26,28-29,31-32,34-35,46,48,52,54,66H,6-7,12-13,18-19,24,27,30,33,36-45,47,49-51,53,55-65H2,1-5H3/p+1/b10-8-,11-9-,16-14-,17-15-,22-20-,23-21-,26-25-,29-28-,32-31-,35-34-,48-46-,54-52-. The fourth-order valence-electron chi connectivity index (χ4n) is 7.74. The number of allylic oxidation sites excluding steroid dienone is 24. The van der Waals surface area contributed by atoms with Gasteiger partial charge < -0.3 is 18.9 Å². The molecule has 78 heavy (non-hydrogen) atoms. The quantitative estimate of drug-likeness (QED) is 0.0211. The topological polar surface area (TPSA) is 108 Å². The molecule has 0 radical (unpaired) electrons. The molecular weight excluding hydrogens is 990 g/mol. The number of carbonyl (C=O) groups is 2. The summed E-state index contributed by atoms with van der Waals surface area (Å²) in [5.41, 5.74) is 0. The van der Waals surface area contributed by atoms with Crippen molar-refractivity contribution in [3.8, 4) is 0 Å². The summed E-state index contributed by atoms with van der Waals surface area (Å²) in [4.78, 5) is 35.7. The molecule has 0 aliphatic rings. The number of phosphoric ester groups is 1. The summed E-state index contributed by atoms with van der Waals surface area (Å²) in [5, 5.41) is 0. The van der Waals surface area contributed by atoms with Gasteiger partial charge in [0.2, 0.25) is 0 Å². The van der Waals surface area contributed by atoms with Gasteiger partial charge in [-0.3, -0.25) is 18.6 Å². The molecule has 0 aromatic rings. The molecule has 9 nitrogen and oxygen atoms in total. The van der Waals surface area contributed by atoms with Crippen LogP contribution in [0.25, 0.3) is 0 Å². The summed E-state index contributed by atoms with van der Waals surface area (Å²) in [7, 11) is 1.43. The fraction of sp³-hybridized carbons (Fsp3) is 0.618. The van der Waals surface area contributed by atoms with Gasteiger partial charge in [-0.2, -0.15) is 0 Å². The Kier molecular flexibility index (Phi) is 54.5. The molecule has 0 bridgehead atoms. The van der Waals surface area contributed by atoms with Crippen molar-refractivity contribution in [1.29, 1.82) is 0 Å². The lowest BCUT2D eigenvalue weighted by Gasteiger charge is -2.24. The van der Waals surface area contributed by atoms with Gasteiger partial charge in [-0.1, -0.05) is 243 Å². The van der Waals surface area contributed by atoms with Crippen molar-refractivity contribution in [2.45, 2.75) is 225 Å². The number of ether oxygens (including phenoxy) is 2. The maximum atomic E-state index is 12.8. The molecule has 0 spiro atoms. The Bertz CT molecular complexity index is 1820. The van der Waals surface area contributed by atoms with Crippen molar-refractivity contribution in [2.24, 2.45) is 0 Å². The minimum atomic E-state index is -4.41. The summed E-state index contributed by atoms with van der Waals surface area (Å²) < 4.78 is 34.5. The third kappa shape index (κ3) is 61.1. The number of quaternary nitrogens is 1. The first-order valence-corrected chi connectivity index (χ1v) is 32.1. The summed E-state index contributed by atoms with van der Waals surface area (Å²) in [5.74, 6) is -0.874. The Balaban J connectivity index is 4.12. The zero-order chi connectivity index (χ0) is 57.0. The van der Waals surface area contributed by atoms with E-state index >= 15 is 0 Å². The minimum Gasteiger partial charge on any atom is -0.462 e. The molecular formula is C68H113NO8P+. The number of esters is 2. The first-order chi connectivity index (χ1) is 38.0. The van der Waals surface area contributed by atoms with Crippen LogP contribution < -0.4 is 0 Å². The zero-order valence-corrected chi connectivity index (χ0v) is 51.0. The van der Waals surface area contributed by atoms with Gasteiger partial charge in [-0.05, 0) is 109 Å². The van der Waals surface area contributed by atoms with Crippen molar-refractivity contribution < 1.29 is 42.1 Å². The Morgan fingerprint density at radius 2 is 0.705 bits per heavy atom. The van der Waals surface area contributed by atoms with Crippen molar-refractivity contribution >= 4 is 19.8 Å². The van der Waals surface area contributed by atoms with Gasteiger partial charge in [0.05, 0.1) is 27.7 Å². The smallest absolute Gasteiger partial charge is 0.462 e. The summed E-state index contributed by atoms with van der Waals surface area (Å²) in [6.45, 7) is 4.12. The highest BCUT2D eigenvalue weighted by Gasteiger charge is 2.27. The van der Waals surface area contributed by atoms with Crippen LogP contribution in [0.5, 0.6) is 0 Å². The number of phosphoric acid groups is 1. The van der Waals surface area contributed by atoms with Crippen LogP contribution in [0.2, 0.25) is 0 Å². The van der Waals surface area contributed by atoms with Crippen LogP contribution in [0.4, 0.5) is 0 Å². The second kappa shape index (κ2) is 57.6. The van der Waals surface area contributed by atoms with Crippen molar-refractivity contribution in [3.05, 3.63) is 146 Å². The van der Waals surface area contributed by atoms with Crippen LogP contribution in [0, 0.1) is 0 Å². The molecule has 0 aliphatic heterocycles. The van der Waals surface area contributed by atoms with E-state index in [1.807, 2.05) is 21.1 Å². The Hall–Kier alpha value is -4.11. The first-order valence-electron chi connectivity index (χ1n) is 30.6. The highest BCUT2D eigenvalue weighted by atomic mass is 31.2. The van der Waals surface area contributed by atoms with Gasteiger partial charge >= 0.3 is 19.8 Å². The largest absolute Gasteiger partial charge is 0.472 e. The number of carbonyl (C=O) groups excluding carboxylic acids is 2. The van der Waals surface area contributed by atoms with Gasteiger partial charge in [0.25, 0.3) is 0 Å². The van der Waals surface area contributed by atoms with E-state index in [1.54, 1.807) is 0 Å². The maximum Gasteiger partial charge on any atom is 0.472 e. The number of hydrogen-bond acceptors (Lipinski definition) is 7. The molecule has 0 heterocycles. The Labute approximate surface area is 478 Å². The molecule has 10 heteroatoms. The highest BCUT2D eigenvalue weighted by Crippen LogP contribution is 2.43. The van der Waals surface area contributed by atoms with Crippen LogP contribution >= 0.6 is 7.82 Å². The Morgan fingerprint density at radius 1 is 0.397 bits per heavy atom. The van der Waals surface area contributed by atoms with E-state index in [0.29, 0.717) is 23.9 Å². The van der Waals surface area contributed by atoms with Crippen molar-refractivity contribution in [2.75, 3.05) is 47.5 Å². The molecule has 0 saturated carbocycles. The third-order valence-electron chi connectivity index (χ3n) is 12.4. The number of rotatable bonds is 54. The van der Waals surface area contributed by atoms with Gasteiger partial charge in [0.1, 0.15) is 19.8 Å². The number of nitrogens with zero attached hydrogens (tertiary/aromatic N) is 1. The van der Waals surface area contributed by atoms with E-state index in [-0.39, 0.29) is 26.1 Å². The number of hydrogen-bond donors (Lipinski definition) is 1.